The van der Waals surface area contributed by atoms with Gasteiger partial charge in [-0.15, -0.1) is 0 Å². The first-order valence-electron chi connectivity index (χ1n) is 10.9. The molecule has 0 bridgehead atoms. The van der Waals surface area contributed by atoms with Crippen LogP contribution in [0.2, 0.25) is 5.02 Å². The van der Waals surface area contributed by atoms with Crippen molar-refractivity contribution in [1.29, 1.82) is 0 Å². The molecular formula is C25H34ClNO3P+. The van der Waals surface area contributed by atoms with Gasteiger partial charge in [0.1, 0.15) is 12.3 Å². The second kappa shape index (κ2) is 11.6. The zero-order valence-corrected chi connectivity index (χ0v) is 20.9. The Balaban J connectivity index is 2.17. The minimum Gasteiger partial charge on any atom is -0.458 e. The molecule has 0 aliphatic carbocycles. The summed E-state index contributed by atoms with van der Waals surface area (Å²) in [6, 6.07) is 13.4. The molecule has 0 radical (unpaired) electrons. The van der Waals surface area contributed by atoms with Crippen LogP contribution < -0.4 is 5.32 Å². The highest BCUT2D eigenvalue weighted by atomic mass is 35.5. The summed E-state index contributed by atoms with van der Waals surface area (Å²) in [5.74, 6) is -0.227. The maximum absolute atomic E-state index is 13.4. The number of carbonyl (C=O) groups excluding carboxylic acids is 2. The predicted molar refractivity (Wildman–Crippen MR) is 133 cm³/mol. The van der Waals surface area contributed by atoms with Crippen molar-refractivity contribution in [3.8, 4) is 0 Å². The quantitative estimate of drug-likeness (QED) is 0.325. The van der Waals surface area contributed by atoms with Crippen LogP contribution in [-0.4, -0.2) is 36.0 Å². The third kappa shape index (κ3) is 6.54. The fourth-order valence-corrected chi connectivity index (χ4v) is 8.44. The third-order valence-corrected chi connectivity index (χ3v) is 11.6. The van der Waals surface area contributed by atoms with Gasteiger partial charge in [0.2, 0.25) is 0 Å². The van der Waals surface area contributed by atoms with Crippen LogP contribution >= 0.6 is 18.9 Å². The topological polar surface area (TPSA) is 55.4 Å². The number of ether oxygens (including phenoxy) is 1. The van der Waals surface area contributed by atoms with Gasteiger partial charge in [0.25, 0.3) is 5.91 Å². The first-order valence-corrected chi connectivity index (χ1v) is 13.7. The SMILES string of the molecule is CCC(C(=O)Nc1c(C)cc(Cl)cc1C)[P+](CC)(CC)CC(=O)OCc1ccccc1. The number of nitrogens with one attached hydrogen (secondary N) is 1. The molecule has 0 spiro atoms. The molecular weight excluding hydrogens is 429 g/mol. The van der Waals surface area contributed by atoms with Crippen molar-refractivity contribution in [3.05, 3.63) is 64.2 Å². The molecule has 0 aromatic heterocycles. The van der Waals surface area contributed by atoms with Crippen LogP contribution in [0.15, 0.2) is 42.5 Å². The summed E-state index contributed by atoms with van der Waals surface area (Å²) in [7, 11) is -1.89. The number of aryl methyl sites for hydroxylation is 2. The molecule has 2 aromatic carbocycles. The van der Waals surface area contributed by atoms with Gasteiger partial charge in [-0.05, 0) is 62.9 Å². The molecule has 31 heavy (non-hydrogen) atoms. The van der Waals surface area contributed by atoms with Crippen LogP contribution in [0, 0.1) is 13.8 Å². The molecule has 2 rings (SSSR count). The second-order valence-corrected chi connectivity index (χ2v) is 13.1. The van der Waals surface area contributed by atoms with Crippen molar-refractivity contribution in [3.63, 3.8) is 0 Å². The molecule has 0 heterocycles. The number of anilines is 1. The Hall–Kier alpha value is -1.90. The van der Waals surface area contributed by atoms with Gasteiger partial charge in [-0.2, -0.15) is 0 Å². The molecule has 0 fully saturated rings. The summed E-state index contributed by atoms with van der Waals surface area (Å²) in [4.78, 5) is 26.1. The van der Waals surface area contributed by atoms with E-state index in [9.17, 15) is 9.59 Å². The molecule has 1 atom stereocenters. The summed E-state index contributed by atoms with van der Waals surface area (Å²) in [6.07, 6.45) is 2.68. The summed E-state index contributed by atoms with van der Waals surface area (Å²) < 4.78 is 5.57. The summed E-state index contributed by atoms with van der Waals surface area (Å²) in [5, 5.41) is 3.80. The van der Waals surface area contributed by atoms with Crippen LogP contribution in [0.5, 0.6) is 0 Å². The van der Waals surface area contributed by atoms with Gasteiger partial charge < -0.3 is 10.1 Å². The first-order chi connectivity index (χ1) is 14.8. The Bertz CT molecular complexity index is 874. The summed E-state index contributed by atoms with van der Waals surface area (Å²) in [5.41, 5.74) is 3.46. The van der Waals surface area contributed by atoms with Gasteiger partial charge in [0.15, 0.2) is 6.16 Å². The highest BCUT2D eigenvalue weighted by Crippen LogP contribution is 2.63. The van der Waals surface area contributed by atoms with E-state index in [2.05, 4.69) is 19.2 Å². The zero-order chi connectivity index (χ0) is 23.0. The Kier molecular flexibility index (Phi) is 9.53. The van der Waals surface area contributed by atoms with E-state index < -0.39 is 7.26 Å². The number of hydrogen-bond donors (Lipinski definition) is 1. The standard InChI is InChI=1S/C25H33ClNO3P/c1-6-22(25(29)27-24-18(4)14-21(26)15-19(24)5)31(7-2,8-3)17-23(28)30-16-20-12-10-9-11-13-20/h9-15,22H,6-8,16-17H2,1-5H3/p+1. The average molecular weight is 463 g/mol. The minimum absolute atomic E-state index is 0.0103. The first kappa shape index (κ1) is 25.4. The van der Waals surface area contributed by atoms with Crippen molar-refractivity contribution in [2.24, 2.45) is 0 Å². The van der Waals surface area contributed by atoms with E-state index in [-0.39, 0.29) is 24.1 Å². The Morgan fingerprint density at radius 2 is 1.61 bits per heavy atom. The number of amides is 1. The average Bonchev–Trinajstić information content (AvgIpc) is 2.75. The second-order valence-electron chi connectivity index (χ2n) is 7.98. The normalized spacial score (nSPS) is 12.3. The fourth-order valence-electron chi connectivity index (χ4n) is 4.17. The van der Waals surface area contributed by atoms with E-state index in [1.807, 2.05) is 63.2 Å². The lowest BCUT2D eigenvalue weighted by Crippen LogP contribution is -2.35. The van der Waals surface area contributed by atoms with Crippen molar-refractivity contribution in [2.75, 3.05) is 23.8 Å². The zero-order valence-electron chi connectivity index (χ0n) is 19.2. The van der Waals surface area contributed by atoms with E-state index in [1.165, 1.54) is 0 Å². The van der Waals surface area contributed by atoms with Crippen molar-refractivity contribution in [1.82, 2.24) is 0 Å². The lowest BCUT2D eigenvalue weighted by atomic mass is 10.1. The molecule has 4 nitrogen and oxygen atoms in total. The smallest absolute Gasteiger partial charge is 0.344 e. The van der Waals surface area contributed by atoms with Crippen LogP contribution in [0.25, 0.3) is 0 Å². The molecule has 0 aliphatic heterocycles. The van der Waals surface area contributed by atoms with Crippen molar-refractivity contribution >= 4 is 36.4 Å². The van der Waals surface area contributed by atoms with Crippen LogP contribution in [0.1, 0.15) is 43.9 Å². The van der Waals surface area contributed by atoms with E-state index in [0.29, 0.717) is 17.6 Å². The van der Waals surface area contributed by atoms with E-state index in [1.54, 1.807) is 0 Å². The molecule has 6 heteroatoms. The summed E-state index contributed by atoms with van der Waals surface area (Å²) in [6.45, 7) is 10.4. The van der Waals surface area contributed by atoms with Gasteiger partial charge in [-0.25, -0.2) is 4.79 Å². The maximum atomic E-state index is 13.4. The molecule has 0 saturated carbocycles. The molecule has 1 N–H and O–H groups in total. The molecule has 0 aliphatic rings. The van der Waals surface area contributed by atoms with E-state index in [4.69, 9.17) is 16.3 Å². The minimum atomic E-state index is -1.89. The van der Waals surface area contributed by atoms with Crippen molar-refractivity contribution < 1.29 is 14.3 Å². The number of esters is 1. The molecule has 168 valence electrons. The third-order valence-electron chi connectivity index (χ3n) is 6.04. The van der Waals surface area contributed by atoms with E-state index >= 15 is 0 Å². The number of hydrogen-bond acceptors (Lipinski definition) is 3. The number of rotatable bonds is 10. The largest absolute Gasteiger partial charge is 0.458 e. The monoisotopic (exact) mass is 462 g/mol. The van der Waals surface area contributed by atoms with Crippen molar-refractivity contribution in [2.45, 2.75) is 53.3 Å². The fraction of sp³-hybridized carbons (Fsp3) is 0.440. The van der Waals surface area contributed by atoms with Gasteiger partial charge in [0.05, 0.1) is 12.3 Å². The van der Waals surface area contributed by atoms with Gasteiger partial charge in [0, 0.05) is 18.0 Å². The number of halogens is 1. The number of carbonyl (C=O) groups is 2. The summed E-state index contributed by atoms with van der Waals surface area (Å²) >= 11 is 6.14. The Morgan fingerprint density at radius 1 is 1.03 bits per heavy atom. The van der Waals surface area contributed by atoms with Gasteiger partial charge >= 0.3 is 5.97 Å². The van der Waals surface area contributed by atoms with Crippen LogP contribution in [0.4, 0.5) is 5.69 Å². The Morgan fingerprint density at radius 3 is 2.13 bits per heavy atom. The van der Waals surface area contributed by atoms with Crippen LogP contribution in [-0.2, 0) is 20.9 Å². The molecule has 0 saturated heterocycles. The lowest BCUT2D eigenvalue weighted by molar-refractivity contribution is -0.141. The highest BCUT2D eigenvalue weighted by molar-refractivity contribution is 7.78. The molecule has 1 amide bonds. The number of benzene rings is 2. The van der Waals surface area contributed by atoms with Crippen LogP contribution in [0.3, 0.4) is 0 Å². The molecule has 2 aromatic rings. The van der Waals surface area contributed by atoms with Gasteiger partial charge in [-0.1, -0.05) is 48.9 Å². The van der Waals surface area contributed by atoms with E-state index in [0.717, 1.165) is 34.7 Å². The lowest BCUT2D eigenvalue weighted by Gasteiger charge is -2.31. The Labute approximate surface area is 192 Å². The highest BCUT2D eigenvalue weighted by Gasteiger charge is 2.48. The maximum Gasteiger partial charge on any atom is 0.344 e. The van der Waals surface area contributed by atoms with Gasteiger partial charge in [-0.3, -0.25) is 4.79 Å². The molecule has 1 unspecified atom stereocenters. The predicted octanol–water partition coefficient (Wildman–Crippen LogP) is 6.47.